The summed E-state index contributed by atoms with van der Waals surface area (Å²) >= 11 is 0. The minimum Gasteiger partial charge on any atom is -0.328 e. The van der Waals surface area contributed by atoms with Crippen LogP contribution in [0.2, 0.25) is 0 Å². The normalized spacial score (nSPS) is 31.4. The number of hydrogen-bond donors (Lipinski definition) is 1. The van der Waals surface area contributed by atoms with E-state index in [4.69, 9.17) is 5.73 Å². The van der Waals surface area contributed by atoms with Crippen LogP contribution >= 0.6 is 0 Å². The van der Waals surface area contributed by atoms with E-state index in [1.165, 1.54) is 6.26 Å². The lowest BCUT2D eigenvalue weighted by Gasteiger charge is -2.29. The predicted molar refractivity (Wildman–Crippen MR) is 54.5 cm³/mol. The van der Waals surface area contributed by atoms with Crippen molar-refractivity contribution in [3.8, 4) is 0 Å². The van der Waals surface area contributed by atoms with E-state index in [2.05, 4.69) is 0 Å². The van der Waals surface area contributed by atoms with Gasteiger partial charge in [-0.1, -0.05) is 6.42 Å². The van der Waals surface area contributed by atoms with Crippen LogP contribution in [0.1, 0.15) is 25.7 Å². The molecule has 84 valence electrons. The number of nitrogens with two attached hydrogens (primary N) is 1. The van der Waals surface area contributed by atoms with Crippen LogP contribution in [0.5, 0.6) is 0 Å². The van der Waals surface area contributed by atoms with Gasteiger partial charge in [-0.15, -0.1) is 0 Å². The lowest BCUT2D eigenvalue weighted by atomic mass is 9.85. The van der Waals surface area contributed by atoms with Gasteiger partial charge in [-0.25, -0.2) is 12.8 Å². The van der Waals surface area contributed by atoms with Crippen LogP contribution in [0.4, 0.5) is 4.39 Å². The number of halogens is 1. The topological polar surface area (TPSA) is 60.2 Å². The largest absolute Gasteiger partial charge is 0.328 e. The Balaban J connectivity index is 2.61. The van der Waals surface area contributed by atoms with Gasteiger partial charge >= 0.3 is 0 Å². The minimum absolute atomic E-state index is 0.00114. The molecule has 3 nitrogen and oxygen atoms in total. The summed E-state index contributed by atoms with van der Waals surface area (Å²) in [5.74, 6) is -0.159. The molecule has 0 aromatic rings. The third-order valence-corrected chi connectivity index (χ3v) is 4.65. The van der Waals surface area contributed by atoms with Gasteiger partial charge in [-0.3, -0.25) is 0 Å². The Morgan fingerprint density at radius 1 is 1.50 bits per heavy atom. The molecule has 0 spiro atoms. The molecule has 1 saturated carbocycles. The Hall–Kier alpha value is -0.160. The van der Waals surface area contributed by atoms with Crippen molar-refractivity contribution in [2.45, 2.75) is 37.1 Å². The van der Waals surface area contributed by atoms with E-state index in [-0.39, 0.29) is 17.7 Å². The summed E-state index contributed by atoms with van der Waals surface area (Å²) in [6, 6.07) is 0. The number of hydrogen-bond acceptors (Lipinski definition) is 3. The van der Waals surface area contributed by atoms with Crippen LogP contribution in [0.3, 0.4) is 0 Å². The van der Waals surface area contributed by atoms with Crippen LogP contribution in [-0.4, -0.2) is 32.6 Å². The molecule has 0 heterocycles. The fourth-order valence-corrected chi connectivity index (χ4v) is 3.28. The van der Waals surface area contributed by atoms with Crippen molar-refractivity contribution in [1.82, 2.24) is 0 Å². The maximum absolute atomic E-state index is 13.3. The van der Waals surface area contributed by atoms with E-state index >= 15 is 0 Å². The molecule has 0 aliphatic heterocycles. The quantitative estimate of drug-likeness (QED) is 0.773. The van der Waals surface area contributed by atoms with Crippen LogP contribution < -0.4 is 5.73 Å². The molecule has 5 heteroatoms. The molecular formula is C9H18FNO2S. The first-order chi connectivity index (χ1) is 6.45. The lowest BCUT2D eigenvalue weighted by Crippen LogP contribution is -2.34. The summed E-state index contributed by atoms with van der Waals surface area (Å²) in [6.07, 6.45) is 2.87. The van der Waals surface area contributed by atoms with Crippen LogP contribution in [0, 0.1) is 5.92 Å². The van der Waals surface area contributed by atoms with Crippen molar-refractivity contribution in [1.29, 1.82) is 0 Å². The molecule has 3 unspecified atom stereocenters. The SMILES string of the molecule is CS(=O)(=O)C1CCCC(C(F)CN)C1. The zero-order chi connectivity index (χ0) is 10.8. The molecule has 14 heavy (non-hydrogen) atoms. The smallest absolute Gasteiger partial charge is 0.150 e. The van der Waals surface area contributed by atoms with Gasteiger partial charge in [0.1, 0.15) is 16.0 Å². The van der Waals surface area contributed by atoms with Crippen molar-refractivity contribution < 1.29 is 12.8 Å². The van der Waals surface area contributed by atoms with Gasteiger partial charge in [0.2, 0.25) is 0 Å². The van der Waals surface area contributed by atoms with Gasteiger partial charge in [-0.05, 0) is 25.2 Å². The second kappa shape index (κ2) is 4.57. The van der Waals surface area contributed by atoms with Crippen LogP contribution in [0.25, 0.3) is 0 Å². The maximum atomic E-state index is 13.3. The summed E-state index contributed by atoms with van der Waals surface area (Å²) in [6.45, 7) is 0.00114. The van der Waals surface area contributed by atoms with Gasteiger partial charge < -0.3 is 5.73 Å². The summed E-state index contributed by atoms with van der Waals surface area (Å²) in [4.78, 5) is 0. The third-order valence-electron chi connectivity index (χ3n) is 3.01. The number of sulfone groups is 1. The molecule has 1 rings (SSSR count). The Morgan fingerprint density at radius 3 is 2.64 bits per heavy atom. The molecule has 1 aliphatic rings. The molecule has 0 aromatic carbocycles. The van der Waals surface area contributed by atoms with Crippen LogP contribution in [0.15, 0.2) is 0 Å². The Labute approximate surface area is 84.8 Å². The average molecular weight is 223 g/mol. The van der Waals surface area contributed by atoms with Crippen LogP contribution in [-0.2, 0) is 9.84 Å². The molecular weight excluding hydrogens is 205 g/mol. The highest BCUT2D eigenvalue weighted by molar-refractivity contribution is 7.91. The Bertz CT molecular complexity index is 279. The molecule has 0 radical (unpaired) electrons. The summed E-state index contributed by atoms with van der Waals surface area (Å²) in [7, 11) is -3.01. The highest BCUT2D eigenvalue weighted by Crippen LogP contribution is 2.31. The molecule has 0 bridgehead atoms. The zero-order valence-corrected chi connectivity index (χ0v) is 9.26. The van der Waals surface area contributed by atoms with Gasteiger partial charge in [0.25, 0.3) is 0 Å². The lowest BCUT2D eigenvalue weighted by molar-refractivity contribution is 0.188. The van der Waals surface area contributed by atoms with E-state index in [1.807, 2.05) is 0 Å². The molecule has 1 fully saturated rings. The summed E-state index contributed by atoms with van der Waals surface area (Å²) < 4.78 is 35.8. The average Bonchev–Trinajstić information content (AvgIpc) is 2.15. The van der Waals surface area contributed by atoms with Crippen molar-refractivity contribution in [3.63, 3.8) is 0 Å². The summed E-state index contributed by atoms with van der Waals surface area (Å²) in [5, 5.41) is -0.356. The van der Waals surface area contributed by atoms with Gasteiger partial charge in [-0.2, -0.15) is 0 Å². The maximum Gasteiger partial charge on any atom is 0.150 e. The van der Waals surface area contributed by atoms with E-state index < -0.39 is 16.0 Å². The van der Waals surface area contributed by atoms with E-state index in [0.29, 0.717) is 12.8 Å². The molecule has 2 N–H and O–H groups in total. The molecule has 0 saturated heterocycles. The summed E-state index contributed by atoms with van der Waals surface area (Å²) in [5.41, 5.74) is 5.23. The first kappa shape index (κ1) is 11.9. The number of alkyl halides is 1. The molecule has 1 aliphatic carbocycles. The van der Waals surface area contributed by atoms with Gasteiger partial charge in [0.15, 0.2) is 0 Å². The monoisotopic (exact) mass is 223 g/mol. The first-order valence-corrected chi connectivity index (χ1v) is 6.93. The minimum atomic E-state index is -3.01. The fourth-order valence-electron chi connectivity index (χ4n) is 2.09. The third kappa shape index (κ3) is 2.92. The zero-order valence-electron chi connectivity index (χ0n) is 8.45. The van der Waals surface area contributed by atoms with E-state index in [1.54, 1.807) is 0 Å². The number of rotatable bonds is 3. The second-order valence-electron chi connectivity index (χ2n) is 4.13. The Morgan fingerprint density at radius 2 is 2.14 bits per heavy atom. The first-order valence-electron chi connectivity index (χ1n) is 4.98. The highest BCUT2D eigenvalue weighted by atomic mass is 32.2. The molecule has 3 atom stereocenters. The van der Waals surface area contributed by atoms with E-state index in [9.17, 15) is 12.8 Å². The van der Waals surface area contributed by atoms with Crippen molar-refractivity contribution in [2.24, 2.45) is 11.7 Å². The Kier molecular flexibility index (Phi) is 3.89. The second-order valence-corrected chi connectivity index (χ2v) is 6.46. The molecule has 0 amide bonds. The standard InChI is InChI=1S/C9H18FNO2S/c1-14(12,13)8-4-2-3-7(5-8)9(10)6-11/h7-9H,2-6,11H2,1H3. The highest BCUT2D eigenvalue weighted by Gasteiger charge is 2.32. The van der Waals surface area contributed by atoms with Crippen molar-refractivity contribution >= 4 is 9.84 Å². The van der Waals surface area contributed by atoms with E-state index in [0.717, 1.165) is 12.8 Å². The van der Waals surface area contributed by atoms with Crippen molar-refractivity contribution in [3.05, 3.63) is 0 Å². The molecule has 0 aromatic heterocycles. The van der Waals surface area contributed by atoms with Gasteiger partial charge in [0.05, 0.1) is 5.25 Å². The predicted octanol–water partition coefficient (Wildman–Crippen LogP) is 0.887. The van der Waals surface area contributed by atoms with Crippen molar-refractivity contribution in [2.75, 3.05) is 12.8 Å². The fraction of sp³-hybridized carbons (Fsp3) is 1.00. The van der Waals surface area contributed by atoms with Gasteiger partial charge in [0, 0.05) is 12.8 Å².